The van der Waals surface area contributed by atoms with E-state index < -0.39 is 8.37 Å². The Hall–Kier alpha value is -1.13. The van der Waals surface area contributed by atoms with Crippen molar-refractivity contribution in [3.63, 3.8) is 0 Å². The van der Waals surface area contributed by atoms with Crippen LogP contribution in [0, 0.1) is 0 Å². The van der Waals surface area contributed by atoms with Gasteiger partial charge in [-0.1, -0.05) is 0 Å². The first-order valence-electron chi connectivity index (χ1n) is 7.82. The molecule has 0 radical (unpaired) electrons. The smallest absolute Gasteiger partial charge is 0.152 e. The Kier molecular flexibility index (Phi) is 6.04. The summed E-state index contributed by atoms with van der Waals surface area (Å²) in [6.45, 7) is 1.05. The maximum atomic E-state index is 5.44. The molecule has 6 heteroatoms. The van der Waals surface area contributed by atoms with Crippen molar-refractivity contribution >= 4 is 19.3 Å². The van der Waals surface area contributed by atoms with Gasteiger partial charge in [-0.25, -0.2) is 0 Å². The van der Waals surface area contributed by atoms with Gasteiger partial charge >= 0.3 is 0 Å². The molecule has 0 aliphatic heterocycles. The van der Waals surface area contributed by atoms with Gasteiger partial charge in [-0.3, -0.25) is 9.34 Å². The summed E-state index contributed by atoms with van der Waals surface area (Å²) in [5.41, 5.74) is 2.64. The Bertz CT molecular complexity index is 643. The number of fused-ring (bicyclic) bond motifs is 1. The van der Waals surface area contributed by atoms with E-state index in [0.29, 0.717) is 0 Å². The van der Waals surface area contributed by atoms with Crippen molar-refractivity contribution in [1.82, 2.24) is 18.6 Å². The molecular formula is C17H29N4OP. The van der Waals surface area contributed by atoms with Crippen LogP contribution in [0.1, 0.15) is 5.56 Å². The average Bonchev–Trinajstić information content (AvgIpc) is 2.82. The van der Waals surface area contributed by atoms with Crippen molar-refractivity contribution in [3.8, 4) is 5.75 Å². The van der Waals surface area contributed by atoms with E-state index in [2.05, 4.69) is 85.3 Å². The number of methoxy groups -OCH3 is 1. The summed E-state index contributed by atoms with van der Waals surface area (Å²) in [7, 11) is 13.9. The van der Waals surface area contributed by atoms with Crippen molar-refractivity contribution in [2.45, 2.75) is 6.42 Å². The number of hydrogen-bond acceptors (Lipinski definition) is 4. The predicted octanol–water partition coefficient (Wildman–Crippen LogP) is 2.95. The molecule has 0 spiro atoms. The Morgan fingerprint density at radius 2 is 1.70 bits per heavy atom. The SMILES string of the molecule is COc1ccc2c(CCN(C)C)cn(P(N(C)C)N(C)C)c2c1. The van der Waals surface area contributed by atoms with E-state index in [9.17, 15) is 0 Å². The first-order valence-corrected chi connectivity index (χ1v) is 9.02. The van der Waals surface area contributed by atoms with E-state index in [1.54, 1.807) is 7.11 Å². The third-order valence-electron chi connectivity index (χ3n) is 3.81. The van der Waals surface area contributed by atoms with Crippen molar-refractivity contribution in [1.29, 1.82) is 0 Å². The highest BCUT2D eigenvalue weighted by Gasteiger charge is 2.21. The van der Waals surface area contributed by atoms with Crippen molar-refractivity contribution in [3.05, 3.63) is 30.0 Å². The van der Waals surface area contributed by atoms with Gasteiger partial charge in [-0.2, -0.15) is 0 Å². The van der Waals surface area contributed by atoms with Gasteiger partial charge in [-0.05, 0) is 66.4 Å². The minimum Gasteiger partial charge on any atom is -0.497 e. The number of rotatable bonds is 7. The van der Waals surface area contributed by atoms with E-state index in [0.717, 1.165) is 18.7 Å². The van der Waals surface area contributed by atoms with Crippen LogP contribution in [0.25, 0.3) is 10.9 Å². The zero-order valence-corrected chi connectivity index (χ0v) is 16.3. The van der Waals surface area contributed by atoms with E-state index in [4.69, 9.17) is 4.74 Å². The molecule has 0 saturated heterocycles. The molecular weight excluding hydrogens is 307 g/mol. The Balaban J connectivity index is 2.57. The molecule has 1 heterocycles. The molecule has 5 nitrogen and oxygen atoms in total. The van der Waals surface area contributed by atoms with Gasteiger partial charge in [0.15, 0.2) is 8.37 Å². The Morgan fingerprint density at radius 3 is 2.22 bits per heavy atom. The second kappa shape index (κ2) is 7.63. The fourth-order valence-corrected chi connectivity index (χ4v) is 4.91. The van der Waals surface area contributed by atoms with Crippen LogP contribution in [0.15, 0.2) is 24.4 Å². The summed E-state index contributed by atoms with van der Waals surface area (Å²) in [5, 5.41) is 1.32. The van der Waals surface area contributed by atoms with Gasteiger partial charge in [0, 0.05) is 24.2 Å². The average molecular weight is 336 g/mol. The maximum Gasteiger partial charge on any atom is 0.152 e. The van der Waals surface area contributed by atoms with Crippen LogP contribution in [0.4, 0.5) is 0 Å². The molecule has 0 N–H and O–H groups in total. The number of hydrogen-bond donors (Lipinski definition) is 0. The topological polar surface area (TPSA) is 23.9 Å². The molecule has 0 unspecified atom stereocenters. The van der Waals surface area contributed by atoms with Crippen LogP contribution in [-0.4, -0.2) is 74.5 Å². The van der Waals surface area contributed by atoms with E-state index in [-0.39, 0.29) is 0 Å². The molecule has 2 rings (SSSR count). The number of nitrogens with zero attached hydrogens (tertiary/aromatic N) is 4. The lowest BCUT2D eigenvalue weighted by Gasteiger charge is -2.31. The number of ether oxygens (including phenoxy) is 1. The van der Waals surface area contributed by atoms with E-state index in [1.807, 2.05) is 0 Å². The number of benzene rings is 1. The quantitative estimate of drug-likeness (QED) is 0.726. The normalized spacial score (nSPS) is 12.3. The lowest BCUT2D eigenvalue weighted by molar-refractivity contribution is 0.414. The summed E-state index contributed by atoms with van der Waals surface area (Å²) in [4.78, 5) is 2.23. The highest BCUT2D eigenvalue weighted by Crippen LogP contribution is 2.45. The van der Waals surface area contributed by atoms with Gasteiger partial charge in [0.05, 0.1) is 12.6 Å². The van der Waals surface area contributed by atoms with Crippen LogP contribution in [0.5, 0.6) is 5.75 Å². The molecule has 0 aliphatic rings. The predicted molar refractivity (Wildman–Crippen MR) is 100 cm³/mol. The Labute approximate surface area is 141 Å². The van der Waals surface area contributed by atoms with Crippen LogP contribution in [0.3, 0.4) is 0 Å². The van der Waals surface area contributed by atoms with Crippen molar-refractivity contribution in [2.75, 3.05) is 55.9 Å². The fraction of sp³-hybridized carbons (Fsp3) is 0.529. The summed E-state index contributed by atoms with van der Waals surface area (Å²) in [5.74, 6) is 0.906. The van der Waals surface area contributed by atoms with Crippen LogP contribution in [0.2, 0.25) is 0 Å². The molecule has 2 aromatic rings. The molecule has 0 saturated carbocycles. The van der Waals surface area contributed by atoms with Crippen molar-refractivity contribution in [2.24, 2.45) is 0 Å². The first-order chi connectivity index (χ1) is 10.8. The van der Waals surface area contributed by atoms with Gasteiger partial charge in [0.1, 0.15) is 5.75 Å². The van der Waals surface area contributed by atoms with Crippen molar-refractivity contribution < 1.29 is 4.74 Å². The molecule has 0 atom stereocenters. The lowest BCUT2D eigenvalue weighted by Crippen LogP contribution is -2.21. The zero-order valence-electron chi connectivity index (χ0n) is 15.4. The Morgan fingerprint density at radius 1 is 1.04 bits per heavy atom. The van der Waals surface area contributed by atoms with E-state index in [1.165, 1.54) is 16.5 Å². The van der Waals surface area contributed by atoms with Crippen LogP contribution >= 0.6 is 8.37 Å². The molecule has 0 fully saturated rings. The summed E-state index contributed by atoms with van der Waals surface area (Å²) < 4.78 is 12.4. The monoisotopic (exact) mass is 336 g/mol. The maximum absolute atomic E-state index is 5.44. The summed E-state index contributed by atoms with van der Waals surface area (Å²) >= 11 is 0. The fourth-order valence-electron chi connectivity index (χ4n) is 2.82. The largest absolute Gasteiger partial charge is 0.497 e. The molecule has 128 valence electrons. The minimum absolute atomic E-state index is 0.582. The highest BCUT2D eigenvalue weighted by molar-refractivity contribution is 7.51. The minimum atomic E-state index is -0.582. The molecule has 0 amide bonds. The number of likely N-dealkylation sites (N-methyl/N-ethyl adjacent to an activating group) is 1. The summed E-state index contributed by atoms with van der Waals surface area (Å²) in [6.07, 6.45) is 3.37. The molecule has 23 heavy (non-hydrogen) atoms. The third kappa shape index (κ3) is 4.04. The molecule has 1 aromatic heterocycles. The molecule has 0 bridgehead atoms. The highest BCUT2D eigenvalue weighted by atomic mass is 31.2. The van der Waals surface area contributed by atoms with Gasteiger partial charge in [0.2, 0.25) is 0 Å². The van der Waals surface area contributed by atoms with Gasteiger partial charge in [0.25, 0.3) is 0 Å². The molecule has 1 aromatic carbocycles. The first kappa shape index (κ1) is 18.2. The standard InChI is InChI=1S/C17H29N4OP/c1-18(2)11-10-14-13-21(23(19(3)4)20(5)6)17-12-15(22-7)8-9-16(14)17/h8-9,12-13H,10-11H2,1-7H3. The van der Waals surface area contributed by atoms with Crippen LogP contribution in [-0.2, 0) is 6.42 Å². The second-order valence-electron chi connectivity index (χ2n) is 6.40. The molecule has 0 aliphatic carbocycles. The van der Waals surface area contributed by atoms with Crippen LogP contribution < -0.4 is 4.74 Å². The summed E-state index contributed by atoms with van der Waals surface area (Å²) in [6, 6.07) is 6.39. The van der Waals surface area contributed by atoms with E-state index >= 15 is 0 Å². The zero-order chi connectivity index (χ0) is 17.1. The second-order valence-corrected chi connectivity index (χ2v) is 8.97. The number of aromatic nitrogens is 1. The van der Waals surface area contributed by atoms with Gasteiger partial charge in [-0.15, -0.1) is 0 Å². The lowest BCUT2D eigenvalue weighted by atomic mass is 10.1. The van der Waals surface area contributed by atoms with Gasteiger partial charge < -0.3 is 14.0 Å². The third-order valence-corrected chi connectivity index (χ3v) is 5.96.